The second-order valence-corrected chi connectivity index (χ2v) is 5.33. The zero-order chi connectivity index (χ0) is 13.8. The fraction of sp³-hybridized carbons (Fsp3) is 0. The Kier molecular flexibility index (Phi) is 3.84. The van der Waals surface area contributed by atoms with Crippen molar-refractivity contribution >= 4 is 15.9 Å². The summed E-state index contributed by atoms with van der Waals surface area (Å²) < 4.78 is 7.05. The number of hydrogen-bond donors (Lipinski definition) is 0. The van der Waals surface area contributed by atoms with Crippen LogP contribution in [0.2, 0.25) is 0 Å². The van der Waals surface area contributed by atoms with E-state index in [2.05, 4.69) is 34.1 Å². The van der Waals surface area contributed by atoms with Crippen LogP contribution in [0.25, 0.3) is 11.1 Å². The molecule has 0 N–H and O–H groups in total. The highest BCUT2D eigenvalue weighted by Crippen LogP contribution is 2.33. The van der Waals surface area contributed by atoms with Gasteiger partial charge in [0.05, 0.1) is 0 Å². The molecule has 2 heteroatoms. The minimum atomic E-state index is 0.845. The molecule has 0 aromatic heterocycles. The minimum absolute atomic E-state index is 0.845. The quantitative estimate of drug-likeness (QED) is 0.582. The van der Waals surface area contributed by atoms with Crippen molar-refractivity contribution in [1.29, 1.82) is 0 Å². The third-order valence-electron chi connectivity index (χ3n) is 3.01. The summed E-state index contributed by atoms with van der Waals surface area (Å²) in [5.41, 5.74) is 2.23. The van der Waals surface area contributed by atoms with Crippen LogP contribution in [0.1, 0.15) is 0 Å². The lowest BCUT2D eigenvalue weighted by Crippen LogP contribution is -1.87. The minimum Gasteiger partial charge on any atom is -0.457 e. The van der Waals surface area contributed by atoms with Crippen LogP contribution in [0.3, 0.4) is 0 Å². The van der Waals surface area contributed by atoms with Gasteiger partial charge in [0.25, 0.3) is 0 Å². The molecule has 0 unspecified atom stereocenters. The molecule has 0 aliphatic heterocycles. The van der Waals surface area contributed by atoms with Gasteiger partial charge in [-0.15, -0.1) is 0 Å². The first-order chi connectivity index (χ1) is 9.83. The second-order valence-electron chi connectivity index (χ2n) is 4.42. The highest BCUT2D eigenvalue weighted by molar-refractivity contribution is 9.10. The molecular formula is C18H13BrO. The molecule has 0 heterocycles. The van der Waals surface area contributed by atoms with Gasteiger partial charge >= 0.3 is 0 Å². The van der Waals surface area contributed by atoms with E-state index in [0.29, 0.717) is 0 Å². The summed E-state index contributed by atoms with van der Waals surface area (Å²) in [4.78, 5) is 0. The number of halogens is 1. The van der Waals surface area contributed by atoms with E-state index in [1.165, 1.54) is 0 Å². The van der Waals surface area contributed by atoms with Crippen molar-refractivity contribution in [3.63, 3.8) is 0 Å². The smallest absolute Gasteiger partial charge is 0.135 e. The van der Waals surface area contributed by atoms with Crippen LogP contribution in [-0.4, -0.2) is 0 Å². The number of ether oxygens (including phenoxy) is 1. The van der Waals surface area contributed by atoms with Gasteiger partial charge in [0, 0.05) is 10.0 Å². The van der Waals surface area contributed by atoms with E-state index in [0.717, 1.165) is 27.1 Å². The lowest BCUT2D eigenvalue weighted by atomic mass is 10.0. The lowest BCUT2D eigenvalue weighted by molar-refractivity contribution is 0.484. The summed E-state index contributed by atoms with van der Waals surface area (Å²) in [7, 11) is 0. The van der Waals surface area contributed by atoms with Gasteiger partial charge in [-0.3, -0.25) is 0 Å². The van der Waals surface area contributed by atoms with Gasteiger partial charge in [0.2, 0.25) is 0 Å². The van der Waals surface area contributed by atoms with Crippen LogP contribution in [0.4, 0.5) is 0 Å². The Morgan fingerprint density at radius 2 is 1.30 bits per heavy atom. The highest BCUT2D eigenvalue weighted by Gasteiger charge is 2.06. The molecule has 3 aromatic carbocycles. The van der Waals surface area contributed by atoms with Crippen LogP contribution in [0, 0.1) is 0 Å². The number of para-hydroxylation sites is 2. The summed E-state index contributed by atoms with van der Waals surface area (Å²) in [6.07, 6.45) is 0. The topological polar surface area (TPSA) is 9.23 Å². The summed E-state index contributed by atoms with van der Waals surface area (Å²) in [5.74, 6) is 1.71. The van der Waals surface area contributed by atoms with Crippen molar-refractivity contribution in [2.24, 2.45) is 0 Å². The molecule has 0 saturated carbocycles. The van der Waals surface area contributed by atoms with Gasteiger partial charge in [-0.1, -0.05) is 64.5 Å². The highest BCUT2D eigenvalue weighted by atomic mass is 79.9. The Bertz CT molecular complexity index is 690. The van der Waals surface area contributed by atoms with Crippen LogP contribution in [0.5, 0.6) is 11.5 Å². The summed E-state index contributed by atoms with van der Waals surface area (Å²) in [6, 6.07) is 26.1. The predicted octanol–water partition coefficient (Wildman–Crippen LogP) is 5.91. The van der Waals surface area contributed by atoms with E-state index in [9.17, 15) is 0 Å². The van der Waals surface area contributed by atoms with Crippen molar-refractivity contribution in [3.8, 4) is 22.6 Å². The Morgan fingerprint density at radius 1 is 0.650 bits per heavy atom. The van der Waals surface area contributed by atoms with Crippen molar-refractivity contribution in [1.82, 2.24) is 0 Å². The molecule has 1 nitrogen and oxygen atoms in total. The van der Waals surface area contributed by atoms with E-state index in [4.69, 9.17) is 4.74 Å². The maximum atomic E-state index is 5.98. The third-order valence-corrected chi connectivity index (χ3v) is 3.54. The molecule has 0 amide bonds. The van der Waals surface area contributed by atoms with Gasteiger partial charge in [0.15, 0.2) is 0 Å². The summed E-state index contributed by atoms with van der Waals surface area (Å²) >= 11 is 3.46. The van der Waals surface area contributed by atoms with Crippen LogP contribution >= 0.6 is 15.9 Å². The van der Waals surface area contributed by atoms with Crippen molar-refractivity contribution in [3.05, 3.63) is 83.3 Å². The van der Waals surface area contributed by atoms with Gasteiger partial charge in [-0.2, -0.15) is 0 Å². The molecule has 0 fully saturated rings. The fourth-order valence-corrected chi connectivity index (χ4v) is 2.30. The van der Waals surface area contributed by atoms with Crippen molar-refractivity contribution < 1.29 is 4.74 Å². The van der Waals surface area contributed by atoms with Crippen LogP contribution in [-0.2, 0) is 0 Å². The Hall–Kier alpha value is -2.06. The molecule has 20 heavy (non-hydrogen) atoms. The largest absolute Gasteiger partial charge is 0.457 e. The Labute approximate surface area is 127 Å². The molecule has 98 valence electrons. The second kappa shape index (κ2) is 5.93. The number of hydrogen-bond acceptors (Lipinski definition) is 1. The zero-order valence-electron chi connectivity index (χ0n) is 10.8. The molecule has 0 atom stereocenters. The van der Waals surface area contributed by atoms with Crippen molar-refractivity contribution in [2.45, 2.75) is 0 Å². The molecule has 0 aliphatic rings. The van der Waals surface area contributed by atoms with Crippen LogP contribution < -0.4 is 4.74 Å². The van der Waals surface area contributed by atoms with E-state index < -0.39 is 0 Å². The Morgan fingerprint density at radius 3 is 2.05 bits per heavy atom. The molecule has 0 radical (unpaired) electrons. The van der Waals surface area contributed by atoms with E-state index in [1.54, 1.807) is 0 Å². The monoisotopic (exact) mass is 324 g/mol. The lowest BCUT2D eigenvalue weighted by Gasteiger charge is -2.11. The molecule has 3 aromatic rings. The fourth-order valence-electron chi connectivity index (χ4n) is 2.04. The standard InChI is InChI=1S/C18H13BrO/c19-15-12-10-14(11-13-15)17-8-4-5-9-18(17)20-16-6-2-1-3-7-16/h1-13H. The first-order valence-electron chi connectivity index (χ1n) is 6.41. The maximum absolute atomic E-state index is 5.98. The number of rotatable bonds is 3. The normalized spacial score (nSPS) is 10.2. The first kappa shape index (κ1) is 12.9. The molecule has 0 aliphatic carbocycles. The first-order valence-corrected chi connectivity index (χ1v) is 7.20. The Balaban J connectivity index is 1.98. The average Bonchev–Trinajstić information content (AvgIpc) is 2.50. The van der Waals surface area contributed by atoms with Gasteiger partial charge in [0.1, 0.15) is 11.5 Å². The molecule has 0 saturated heterocycles. The van der Waals surface area contributed by atoms with Gasteiger partial charge in [-0.25, -0.2) is 0 Å². The van der Waals surface area contributed by atoms with Gasteiger partial charge < -0.3 is 4.74 Å². The van der Waals surface area contributed by atoms with Gasteiger partial charge in [-0.05, 0) is 35.9 Å². The molecule has 0 bridgehead atoms. The average molecular weight is 325 g/mol. The predicted molar refractivity (Wildman–Crippen MR) is 86.1 cm³/mol. The molecule has 0 spiro atoms. The zero-order valence-corrected chi connectivity index (χ0v) is 12.4. The van der Waals surface area contributed by atoms with E-state index in [-0.39, 0.29) is 0 Å². The summed E-state index contributed by atoms with van der Waals surface area (Å²) in [6.45, 7) is 0. The van der Waals surface area contributed by atoms with Crippen LogP contribution in [0.15, 0.2) is 83.3 Å². The molecule has 3 rings (SSSR count). The molecular weight excluding hydrogens is 312 g/mol. The number of benzene rings is 3. The SMILES string of the molecule is Brc1ccc(-c2ccccc2Oc2ccccc2)cc1. The third kappa shape index (κ3) is 2.91. The van der Waals surface area contributed by atoms with Crippen molar-refractivity contribution in [2.75, 3.05) is 0 Å². The van der Waals surface area contributed by atoms with E-state index >= 15 is 0 Å². The maximum Gasteiger partial charge on any atom is 0.135 e. The van der Waals surface area contributed by atoms with E-state index in [1.807, 2.05) is 60.7 Å². The summed E-state index contributed by atoms with van der Waals surface area (Å²) in [5, 5.41) is 0.